The second kappa shape index (κ2) is 8.14. The van der Waals surface area contributed by atoms with Gasteiger partial charge in [0.2, 0.25) is 0 Å². The Hall–Kier alpha value is -5.22. The summed E-state index contributed by atoms with van der Waals surface area (Å²) in [6, 6.07) is 39.3. The Morgan fingerprint density at radius 2 is 1.13 bits per heavy atom. The van der Waals surface area contributed by atoms with Crippen LogP contribution in [0.25, 0.3) is 67.8 Å². The lowest BCUT2D eigenvalue weighted by Crippen LogP contribution is -2.24. The molecule has 0 N–H and O–H groups in total. The topological polar surface area (TPSA) is 18.7 Å². The summed E-state index contributed by atoms with van der Waals surface area (Å²) in [7, 11) is 0. The number of hydrogen-bond acceptors (Lipinski definition) is 0. The number of para-hydroxylation sites is 5. The van der Waals surface area contributed by atoms with Gasteiger partial charge in [0.1, 0.15) is 11.3 Å². The largest absolute Gasteiger partial charge is 0.294 e. The van der Waals surface area contributed by atoms with Crippen molar-refractivity contribution < 1.29 is 0 Å². The highest BCUT2D eigenvalue weighted by Crippen LogP contribution is 2.32. The van der Waals surface area contributed by atoms with Crippen LogP contribution in [-0.2, 0) is 0 Å². The molecule has 39 heavy (non-hydrogen) atoms. The molecular formula is C35H26N4. The Morgan fingerprint density at radius 1 is 0.564 bits per heavy atom. The average molecular weight is 503 g/mol. The molecule has 0 bridgehead atoms. The minimum atomic E-state index is 1.12. The van der Waals surface area contributed by atoms with Crippen molar-refractivity contribution in [3.63, 3.8) is 0 Å². The normalized spacial score (nSPS) is 13.2. The van der Waals surface area contributed by atoms with Crippen LogP contribution in [-0.4, -0.2) is 17.9 Å². The quantitative estimate of drug-likeness (QED) is 0.248. The zero-order valence-corrected chi connectivity index (χ0v) is 21.6. The summed E-state index contributed by atoms with van der Waals surface area (Å²) in [6.45, 7) is 6.06. The molecule has 0 fully saturated rings. The fraction of sp³-hybridized carbons (Fsp3) is 0.0286. The third-order valence-electron chi connectivity index (χ3n) is 7.86. The molecule has 186 valence electrons. The van der Waals surface area contributed by atoms with E-state index in [-0.39, 0.29) is 0 Å². The number of rotatable bonds is 3. The maximum absolute atomic E-state index is 3.97. The van der Waals surface area contributed by atoms with Gasteiger partial charge in [0.25, 0.3) is 0 Å². The fourth-order valence-corrected chi connectivity index (χ4v) is 6.26. The molecule has 8 aromatic rings. The van der Waals surface area contributed by atoms with Gasteiger partial charge >= 0.3 is 0 Å². The van der Waals surface area contributed by atoms with E-state index in [9.17, 15) is 0 Å². The first-order valence-electron chi connectivity index (χ1n) is 13.3. The van der Waals surface area contributed by atoms with Crippen molar-refractivity contribution in [2.45, 2.75) is 6.92 Å². The molecule has 8 rings (SSSR count). The molecule has 0 aliphatic rings. The number of benzene rings is 4. The Bertz CT molecular complexity index is 2370. The van der Waals surface area contributed by atoms with Gasteiger partial charge in [-0.25, -0.2) is 0 Å². The highest BCUT2D eigenvalue weighted by molar-refractivity contribution is 5.96. The second-order valence-corrected chi connectivity index (χ2v) is 9.93. The molecule has 0 atom stereocenters. The van der Waals surface area contributed by atoms with Crippen LogP contribution in [0.1, 0.15) is 6.92 Å². The van der Waals surface area contributed by atoms with E-state index in [1.165, 1.54) is 38.2 Å². The molecular weight excluding hydrogens is 476 g/mol. The first-order valence-corrected chi connectivity index (χ1v) is 13.3. The molecule has 4 aromatic heterocycles. The maximum Gasteiger partial charge on any atom is 0.123 e. The van der Waals surface area contributed by atoms with Crippen molar-refractivity contribution >= 4 is 56.4 Å². The van der Waals surface area contributed by atoms with Crippen LogP contribution >= 0.6 is 0 Å². The van der Waals surface area contributed by atoms with E-state index in [4.69, 9.17) is 0 Å². The first-order chi connectivity index (χ1) is 19.3. The van der Waals surface area contributed by atoms with Gasteiger partial charge in [0.05, 0.1) is 32.9 Å². The van der Waals surface area contributed by atoms with Crippen molar-refractivity contribution in [2.75, 3.05) is 0 Å². The molecule has 0 amide bonds. The number of aromatic nitrogens is 4. The van der Waals surface area contributed by atoms with E-state index in [2.05, 4.69) is 153 Å². The second-order valence-electron chi connectivity index (χ2n) is 9.93. The smallest absolute Gasteiger partial charge is 0.123 e. The molecule has 0 spiro atoms. The van der Waals surface area contributed by atoms with Crippen LogP contribution in [0.3, 0.4) is 0 Å². The van der Waals surface area contributed by atoms with Crippen LogP contribution in [0.4, 0.5) is 0 Å². The van der Waals surface area contributed by atoms with E-state index in [0.29, 0.717) is 0 Å². The van der Waals surface area contributed by atoms with Gasteiger partial charge in [-0.2, -0.15) is 0 Å². The van der Waals surface area contributed by atoms with Gasteiger partial charge in [0, 0.05) is 16.8 Å². The van der Waals surface area contributed by atoms with Gasteiger partial charge < -0.3 is 0 Å². The molecule has 0 saturated carbocycles. The minimum absolute atomic E-state index is 1.12. The predicted octanol–water partition coefficient (Wildman–Crippen LogP) is 7.00. The number of imidazole rings is 2. The van der Waals surface area contributed by atoms with Gasteiger partial charge in [-0.3, -0.25) is 17.9 Å². The number of fused-ring (bicyclic) bond motifs is 8. The summed E-state index contributed by atoms with van der Waals surface area (Å²) < 4.78 is 9.45. The van der Waals surface area contributed by atoms with E-state index in [0.717, 1.165) is 28.0 Å². The van der Waals surface area contributed by atoms with Gasteiger partial charge in [0.15, 0.2) is 0 Å². The third-order valence-corrected chi connectivity index (χ3v) is 7.86. The SMILES string of the molecule is C=C/C=c1\c(=C/C)cc2n(-c3cccc(-n4c5ccccc5n5c6ccccc6cc45)c3)c3ccccc3n12. The van der Waals surface area contributed by atoms with Gasteiger partial charge in [-0.1, -0.05) is 67.3 Å². The van der Waals surface area contributed by atoms with E-state index in [1.807, 2.05) is 6.08 Å². The van der Waals surface area contributed by atoms with Crippen molar-refractivity contribution in [1.29, 1.82) is 0 Å². The van der Waals surface area contributed by atoms with Crippen molar-refractivity contribution in [2.24, 2.45) is 0 Å². The molecule has 4 heteroatoms. The van der Waals surface area contributed by atoms with Crippen LogP contribution in [0.15, 0.2) is 122 Å². The van der Waals surface area contributed by atoms with Crippen molar-refractivity contribution in [3.8, 4) is 11.4 Å². The Kier molecular flexibility index (Phi) is 4.55. The standard InChI is InChI=1S/C35H26N4/c1-3-12-28-24(4-2)21-34-36(30-17-7-9-19-32(30)38(28)34)26-14-11-15-27(23-26)37-31-18-8-10-20-33(31)39-29-16-6-5-13-25(29)22-35(37)39/h3-23H,1H2,2H3/b24-4-,28-12+. The van der Waals surface area contributed by atoms with Crippen LogP contribution < -0.4 is 10.6 Å². The molecule has 4 nitrogen and oxygen atoms in total. The Balaban J connectivity index is 1.47. The lowest BCUT2D eigenvalue weighted by atomic mass is 10.2. The summed E-state index contributed by atoms with van der Waals surface area (Å²) in [6.07, 6.45) is 6.12. The lowest BCUT2D eigenvalue weighted by Gasteiger charge is -2.11. The van der Waals surface area contributed by atoms with E-state index < -0.39 is 0 Å². The molecule has 0 radical (unpaired) electrons. The Labute approximate surface area is 224 Å². The van der Waals surface area contributed by atoms with Crippen LogP contribution in [0.2, 0.25) is 0 Å². The molecule has 0 aliphatic carbocycles. The molecule has 4 heterocycles. The zero-order valence-electron chi connectivity index (χ0n) is 21.6. The summed E-state index contributed by atoms with van der Waals surface area (Å²) in [5.74, 6) is 0. The molecule has 0 unspecified atom stereocenters. The predicted molar refractivity (Wildman–Crippen MR) is 164 cm³/mol. The molecule has 4 aromatic carbocycles. The van der Waals surface area contributed by atoms with E-state index in [1.54, 1.807) is 0 Å². The lowest BCUT2D eigenvalue weighted by molar-refractivity contribution is 1.10. The molecule has 0 saturated heterocycles. The maximum atomic E-state index is 3.97. The summed E-state index contributed by atoms with van der Waals surface area (Å²) >= 11 is 0. The highest BCUT2D eigenvalue weighted by Gasteiger charge is 2.17. The fourth-order valence-electron chi connectivity index (χ4n) is 6.26. The summed E-state index contributed by atoms with van der Waals surface area (Å²) in [5, 5.41) is 3.58. The van der Waals surface area contributed by atoms with Crippen LogP contribution in [0, 0.1) is 0 Å². The van der Waals surface area contributed by atoms with Crippen molar-refractivity contribution in [1.82, 2.24) is 17.9 Å². The van der Waals surface area contributed by atoms with E-state index >= 15 is 0 Å². The monoisotopic (exact) mass is 502 g/mol. The number of nitrogens with zero attached hydrogens (tertiary/aromatic N) is 4. The van der Waals surface area contributed by atoms with Gasteiger partial charge in [-0.05, 0) is 78.9 Å². The first kappa shape index (κ1) is 21.8. The third kappa shape index (κ3) is 2.94. The molecule has 0 aliphatic heterocycles. The average Bonchev–Trinajstić information content (AvgIpc) is 3.69. The zero-order chi connectivity index (χ0) is 26.1. The van der Waals surface area contributed by atoms with Crippen molar-refractivity contribution in [3.05, 3.63) is 132 Å². The van der Waals surface area contributed by atoms with Crippen LogP contribution in [0.5, 0.6) is 0 Å². The summed E-state index contributed by atoms with van der Waals surface area (Å²) in [4.78, 5) is 0. The minimum Gasteiger partial charge on any atom is -0.294 e. The Morgan fingerprint density at radius 3 is 1.77 bits per heavy atom. The number of allylic oxidation sites excluding steroid dienone is 1. The summed E-state index contributed by atoms with van der Waals surface area (Å²) in [5.41, 5.74) is 10.5. The number of hydrogen-bond donors (Lipinski definition) is 0. The highest BCUT2D eigenvalue weighted by atomic mass is 15.2. The van der Waals surface area contributed by atoms with Gasteiger partial charge in [-0.15, -0.1) is 0 Å².